The summed E-state index contributed by atoms with van der Waals surface area (Å²) in [4.78, 5) is 11.2. The zero-order chi connectivity index (χ0) is 10.9. The highest BCUT2D eigenvalue weighted by Gasteiger charge is 2.37. The van der Waals surface area contributed by atoms with Gasteiger partial charge in [-0.3, -0.25) is 4.79 Å². The summed E-state index contributed by atoms with van der Waals surface area (Å²) in [6, 6.07) is -0.644. The quantitative estimate of drug-likeness (QED) is 0.621. The average molecular weight is 221 g/mol. The van der Waals surface area contributed by atoms with Crippen molar-refractivity contribution in [3.63, 3.8) is 0 Å². The Bertz CT molecular complexity index is 322. The number of aliphatic hydroxyl groups excluding tert-OH is 1. The smallest absolute Gasteiger partial charge is 0.222 e. The summed E-state index contributed by atoms with van der Waals surface area (Å²) in [5, 5.41) is 11.9. The van der Waals surface area contributed by atoms with Crippen molar-refractivity contribution >= 4 is 15.7 Å². The number of nitrogens with one attached hydrogen (secondary N) is 1. The normalized spacial score (nSPS) is 30.6. The summed E-state index contributed by atoms with van der Waals surface area (Å²) in [5.41, 5.74) is 0. The Balaban J connectivity index is 2.60. The molecule has 0 bridgehead atoms. The summed E-state index contributed by atoms with van der Waals surface area (Å²) in [7, 11) is -3.18. The Morgan fingerprint density at radius 1 is 1.43 bits per heavy atom. The molecule has 1 heterocycles. The fourth-order valence-corrected chi connectivity index (χ4v) is 3.06. The topological polar surface area (TPSA) is 83.5 Å². The van der Waals surface area contributed by atoms with E-state index in [9.17, 15) is 18.3 Å². The lowest BCUT2D eigenvalue weighted by Gasteiger charge is -2.16. The number of amides is 1. The van der Waals surface area contributed by atoms with Gasteiger partial charge in [-0.2, -0.15) is 0 Å². The van der Waals surface area contributed by atoms with E-state index in [4.69, 9.17) is 0 Å². The van der Waals surface area contributed by atoms with Crippen LogP contribution in [0, 0.1) is 5.92 Å². The lowest BCUT2D eigenvalue weighted by atomic mass is 10.1. The molecule has 1 rings (SSSR count). The van der Waals surface area contributed by atoms with Gasteiger partial charge in [0.2, 0.25) is 5.91 Å². The van der Waals surface area contributed by atoms with E-state index in [-0.39, 0.29) is 23.3 Å². The maximum Gasteiger partial charge on any atom is 0.222 e. The van der Waals surface area contributed by atoms with Gasteiger partial charge in [0, 0.05) is 5.92 Å². The number of carbonyl (C=O) groups is 1. The van der Waals surface area contributed by atoms with Crippen molar-refractivity contribution in [3.8, 4) is 0 Å². The molecule has 2 atom stereocenters. The highest BCUT2D eigenvalue weighted by Crippen LogP contribution is 2.12. The molecule has 0 aliphatic carbocycles. The van der Waals surface area contributed by atoms with Crippen molar-refractivity contribution in [1.82, 2.24) is 5.32 Å². The van der Waals surface area contributed by atoms with Crippen LogP contribution in [0.2, 0.25) is 0 Å². The first-order valence-corrected chi connectivity index (χ1v) is 6.33. The molecule has 0 aromatic heterocycles. The Morgan fingerprint density at radius 2 is 2.00 bits per heavy atom. The van der Waals surface area contributed by atoms with E-state index in [1.807, 2.05) is 0 Å². The molecule has 1 fully saturated rings. The summed E-state index contributed by atoms with van der Waals surface area (Å²) < 4.78 is 22.2. The molecule has 0 aromatic rings. The predicted molar refractivity (Wildman–Crippen MR) is 51.4 cm³/mol. The predicted octanol–water partition coefficient (Wildman–Crippen LogP) is -1.08. The highest BCUT2D eigenvalue weighted by atomic mass is 32.2. The van der Waals surface area contributed by atoms with Gasteiger partial charge in [-0.1, -0.05) is 13.8 Å². The van der Waals surface area contributed by atoms with Crippen LogP contribution in [0.5, 0.6) is 0 Å². The van der Waals surface area contributed by atoms with Crippen LogP contribution >= 0.6 is 0 Å². The minimum atomic E-state index is -3.18. The molecule has 1 aliphatic heterocycles. The second-order valence-corrected chi connectivity index (χ2v) is 6.07. The number of aliphatic hydroxyl groups is 1. The minimum Gasteiger partial charge on any atom is -0.390 e. The average Bonchev–Trinajstić information content (AvgIpc) is 2.24. The zero-order valence-electron chi connectivity index (χ0n) is 8.23. The van der Waals surface area contributed by atoms with Gasteiger partial charge in [0.15, 0.2) is 9.84 Å². The van der Waals surface area contributed by atoms with E-state index in [0.29, 0.717) is 0 Å². The first-order valence-electron chi connectivity index (χ1n) is 4.50. The number of hydrogen-bond donors (Lipinski definition) is 2. The fourth-order valence-electron chi connectivity index (χ4n) is 1.32. The van der Waals surface area contributed by atoms with Crippen LogP contribution in [0.15, 0.2) is 0 Å². The van der Waals surface area contributed by atoms with E-state index in [0.717, 1.165) is 0 Å². The van der Waals surface area contributed by atoms with E-state index in [1.165, 1.54) is 0 Å². The summed E-state index contributed by atoms with van der Waals surface area (Å²) in [5.74, 6) is -0.848. The Hall–Kier alpha value is -0.620. The molecule has 5 nitrogen and oxygen atoms in total. The SMILES string of the molecule is CC(C)C(=O)N[C@H]1CS(=O)(=O)C[C@@H]1O. The molecule has 1 saturated heterocycles. The Morgan fingerprint density at radius 3 is 2.36 bits per heavy atom. The molecule has 0 saturated carbocycles. The maximum atomic E-state index is 11.2. The van der Waals surface area contributed by atoms with Gasteiger partial charge in [-0.25, -0.2) is 8.42 Å². The highest BCUT2D eigenvalue weighted by molar-refractivity contribution is 7.91. The van der Waals surface area contributed by atoms with Gasteiger partial charge in [0.25, 0.3) is 0 Å². The third-order valence-electron chi connectivity index (χ3n) is 2.17. The van der Waals surface area contributed by atoms with Gasteiger partial charge in [0.05, 0.1) is 23.7 Å². The van der Waals surface area contributed by atoms with E-state index in [2.05, 4.69) is 5.32 Å². The molecule has 2 N–H and O–H groups in total. The van der Waals surface area contributed by atoms with Crippen molar-refractivity contribution in [2.75, 3.05) is 11.5 Å². The van der Waals surface area contributed by atoms with Crippen molar-refractivity contribution in [2.45, 2.75) is 26.0 Å². The third kappa shape index (κ3) is 2.68. The number of hydrogen-bond acceptors (Lipinski definition) is 4. The molecule has 0 aromatic carbocycles. The van der Waals surface area contributed by atoms with Crippen LogP contribution in [0.4, 0.5) is 0 Å². The van der Waals surface area contributed by atoms with E-state index in [1.54, 1.807) is 13.8 Å². The van der Waals surface area contributed by atoms with Gasteiger partial charge in [-0.05, 0) is 0 Å². The number of rotatable bonds is 2. The number of sulfone groups is 1. The van der Waals surface area contributed by atoms with Crippen LogP contribution in [0.25, 0.3) is 0 Å². The van der Waals surface area contributed by atoms with Crippen molar-refractivity contribution in [3.05, 3.63) is 0 Å². The molecule has 1 aliphatic rings. The first-order chi connectivity index (χ1) is 6.32. The Labute approximate surface area is 83.4 Å². The van der Waals surface area contributed by atoms with Crippen LogP contribution in [-0.4, -0.2) is 43.1 Å². The molecule has 0 unspecified atom stereocenters. The monoisotopic (exact) mass is 221 g/mol. The lowest BCUT2D eigenvalue weighted by molar-refractivity contribution is -0.125. The van der Waals surface area contributed by atoms with Crippen LogP contribution in [0.1, 0.15) is 13.8 Å². The molecule has 1 amide bonds. The van der Waals surface area contributed by atoms with Gasteiger partial charge >= 0.3 is 0 Å². The summed E-state index contributed by atoms with van der Waals surface area (Å²) >= 11 is 0. The van der Waals surface area contributed by atoms with E-state index >= 15 is 0 Å². The Kier molecular flexibility index (Phi) is 3.16. The van der Waals surface area contributed by atoms with E-state index < -0.39 is 22.0 Å². The standard InChI is InChI=1S/C8H15NO4S/c1-5(2)8(11)9-6-3-14(12,13)4-7(6)10/h5-7,10H,3-4H2,1-2H3,(H,9,11)/t6-,7-/m0/s1. The second-order valence-electron chi connectivity index (χ2n) is 3.91. The fraction of sp³-hybridized carbons (Fsp3) is 0.875. The second kappa shape index (κ2) is 3.86. The van der Waals surface area contributed by atoms with Gasteiger partial charge < -0.3 is 10.4 Å². The maximum absolute atomic E-state index is 11.2. The zero-order valence-corrected chi connectivity index (χ0v) is 9.04. The summed E-state index contributed by atoms with van der Waals surface area (Å²) in [6.45, 7) is 3.43. The van der Waals surface area contributed by atoms with Gasteiger partial charge in [-0.15, -0.1) is 0 Å². The molecule has 6 heteroatoms. The minimum absolute atomic E-state index is 0.160. The van der Waals surface area contributed by atoms with Crippen molar-refractivity contribution in [2.24, 2.45) is 5.92 Å². The van der Waals surface area contributed by atoms with Crippen LogP contribution in [0.3, 0.4) is 0 Å². The molecular formula is C8H15NO4S. The van der Waals surface area contributed by atoms with Crippen molar-refractivity contribution < 1.29 is 18.3 Å². The molecule has 0 radical (unpaired) electrons. The van der Waals surface area contributed by atoms with Crippen LogP contribution < -0.4 is 5.32 Å². The molecule has 0 spiro atoms. The molecule has 82 valence electrons. The largest absolute Gasteiger partial charge is 0.390 e. The van der Waals surface area contributed by atoms with Gasteiger partial charge in [0.1, 0.15) is 0 Å². The van der Waals surface area contributed by atoms with Crippen molar-refractivity contribution in [1.29, 1.82) is 0 Å². The number of carbonyl (C=O) groups excluding carboxylic acids is 1. The lowest BCUT2D eigenvalue weighted by Crippen LogP contribution is -2.44. The summed E-state index contributed by atoms with van der Waals surface area (Å²) in [6.07, 6.45) is -0.970. The molecular weight excluding hydrogens is 206 g/mol. The molecule has 14 heavy (non-hydrogen) atoms. The third-order valence-corrected chi connectivity index (χ3v) is 3.89. The van der Waals surface area contributed by atoms with Crippen LogP contribution in [-0.2, 0) is 14.6 Å². The first kappa shape index (κ1) is 11.5.